The van der Waals surface area contributed by atoms with Crippen molar-refractivity contribution in [2.45, 2.75) is 38.8 Å². The number of carboxylic acids is 1. The Hall–Kier alpha value is -1.34. The molecule has 0 aromatic heterocycles. The first-order valence-corrected chi connectivity index (χ1v) is 5.75. The summed E-state index contributed by atoms with van der Waals surface area (Å²) in [4.78, 5) is 21.6. The highest BCUT2D eigenvalue weighted by atomic mass is 16.6. The zero-order valence-corrected chi connectivity index (χ0v) is 11.1. The predicted molar refractivity (Wildman–Crippen MR) is 65.3 cm³/mol. The van der Waals surface area contributed by atoms with Crippen LogP contribution in [0.5, 0.6) is 0 Å². The minimum Gasteiger partial charge on any atom is -0.480 e. The Morgan fingerprint density at radius 1 is 1.39 bits per heavy atom. The standard InChI is InChI=1S/C11H22N2O5/c1-11(2,3)18-10(16)13-5-4-6-17-7-8(12)9(14)15/h8H,4-7,12H2,1-3H3,(H,13,16)(H,14,15). The smallest absolute Gasteiger partial charge is 0.407 e. The number of ether oxygens (including phenoxy) is 2. The van der Waals surface area contributed by atoms with Crippen LogP contribution in [0, 0.1) is 0 Å². The number of nitrogens with one attached hydrogen (secondary N) is 1. The van der Waals surface area contributed by atoms with Gasteiger partial charge in [-0.05, 0) is 27.2 Å². The normalized spacial score (nSPS) is 12.9. The molecule has 0 aromatic carbocycles. The van der Waals surface area contributed by atoms with Crippen molar-refractivity contribution < 1.29 is 24.2 Å². The first-order chi connectivity index (χ1) is 8.22. The van der Waals surface area contributed by atoms with Crippen molar-refractivity contribution in [3.8, 4) is 0 Å². The molecule has 0 saturated heterocycles. The molecule has 7 heteroatoms. The second kappa shape index (κ2) is 7.88. The van der Waals surface area contributed by atoms with Gasteiger partial charge in [-0.1, -0.05) is 0 Å². The minimum absolute atomic E-state index is 0.0399. The van der Waals surface area contributed by atoms with Gasteiger partial charge in [0, 0.05) is 13.2 Å². The molecule has 0 aromatic rings. The zero-order chi connectivity index (χ0) is 14.2. The van der Waals surface area contributed by atoms with Crippen molar-refractivity contribution in [2.75, 3.05) is 19.8 Å². The van der Waals surface area contributed by atoms with Gasteiger partial charge in [-0.25, -0.2) is 4.79 Å². The lowest BCUT2D eigenvalue weighted by Crippen LogP contribution is -2.35. The van der Waals surface area contributed by atoms with Crippen molar-refractivity contribution in [3.05, 3.63) is 0 Å². The first kappa shape index (κ1) is 16.7. The summed E-state index contributed by atoms with van der Waals surface area (Å²) in [5.74, 6) is -1.10. The molecule has 0 saturated carbocycles. The summed E-state index contributed by atoms with van der Waals surface area (Å²) in [6.07, 6.45) is 0.0794. The third-order valence-corrected chi connectivity index (χ3v) is 1.75. The van der Waals surface area contributed by atoms with E-state index in [1.807, 2.05) is 0 Å². The average molecular weight is 262 g/mol. The maximum Gasteiger partial charge on any atom is 0.407 e. The second-order valence-corrected chi connectivity index (χ2v) is 4.80. The van der Waals surface area contributed by atoms with Crippen LogP contribution < -0.4 is 11.1 Å². The number of hydrogen-bond donors (Lipinski definition) is 3. The van der Waals surface area contributed by atoms with E-state index in [2.05, 4.69) is 5.32 Å². The third-order valence-electron chi connectivity index (χ3n) is 1.75. The van der Waals surface area contributed by atoms with E-state index < -0.39 is 23.7 Å². The van der Waals surface area contributed by atoms with Crippen molar-refractivity contribution in [1.82, 2.24) is 5.32 Å². The van der Waals surface area contributed by atoms with Crippen molar-refractivity contribution in [1.29, 1.82) is 0 Å². The van der Waals surface area contributed by atoms with Crippen LogP contribution in [-0.4, -0.2) is 48.6 Å². The summed E-state index contributed by atoms with van der Waals surface area (Å²) in [5.41, 5.74) is 4.72. The SMILES string of the molecule is CC(C)(C)OC(=O)NCCCOCC(N)C(=O)O. The first-order valence-electron chi connectivity index (χ1n) is 5.75. The quantitative estimate of drug-likeness (QED) is 0.570. The van der Waals surface area contributed by atoms with Crippen LogP contribution in [0.1, 0.15) is 27.2 Å². The maximum absolute atomic E-state index is 11.2. The Bertz CT molecular complexity index is 275. The van der Waals surface area contributed by atoms with E-state index in [0.29, 0.717) is 19.6 Å². The number of alkyl carbamates (subject to hydrolysis) is 1. The molecule has 0 radical (unpaired) electrons. The van der Waals surface area contributed by atoms with Crippen molar-refractivity contribution >= 4 is 12.1 Å². The van der Waals surface area contributed by atoms with Gasteiger partial charge >= 0.3 is 12.1 Å². The monoisotopic (exact) mass is 262 g/mol. The number of amides is 1. The van der Waals surface area contributed by atoms with E-state index in [0.717, 1.165) is 0 Å². The second-order valence-electron chi connectivity index (χ2n) is 4.80. The molecule has 0 aliphatic carbocycles. The summed E-state index contributed by atoms with van der Waals surface area (Å²) < 4.78 is 10.1. The fourth-order valence-electron chi connectivity index (χ4n) is 0.960. The Morgan fingerprint density at radius 2 is 2.00 bits per heavy atom. The number of rotatable bonds is 7. The van der Waals surface area contributed by atoms with Gasteiger partial charge in [0.1, 0.15) is 11.6 Å². The number of carboxylic acid groups (broad SMARTS) is 1. The topological polar surface area (TPSA) is 111 Å². The van der Waals surface area contributed by atoms with Crippen LogP contribution in [-0.2, 0) is 14.3 Å². The van der Waals surface area contributed by atoms with E-state index >= 15 is 0 Å². The van der Waals surface area contributed by atoms with Gasteiger partial charge in [-0.3, -0.25) is 4.79 Å². The van der Waals surface area contributed by atoms with Crippen LogP contribution in [0.25, 0.3) is 0 Å². The fourth-order valence-corrected chi connectivity index (χ4v) is 0.960. The van der Waals surface area contributed by atoms with E-state index in [9.17, 15) is 9.59 Å². The lowest BCUT2D eigenvalue weighted by Gasteiger charge is -2.19. The molecule has 0 spiro atoms. The van der Waals surface area contributed by atoms with Gasteiger partial charge < -0.3 is 25.6 Å². The Balaban J connectivity index is 3.46. The third kappa shape index (κ3) is 9.86. The van der Waals surface area contributed by atoms with Gasteiger partial charge in [-0.2, -0.15) is 0 Å². The van der Waals surface area contributed by atoms with Crippen LogP contribution >= 0.6 is 0 Å². The highest BCUT2D eigenvalue weighted by Gasteiger charge is 2.15. The number of hydrogen-bond acceptors (Lipinski definition) is 5. The van der Waals surface area contributed by atoms with E-state index in [1.54, 1.807) is 20.8 Å². The summed E-state index contributed by atoms with van der Waals surface area (Å²) in [7, 11) is 0. The molecule has 0 aliphatic rings. The predicted octanol–water partition coefficient (Wildman–Crippen LogP) is 0.330. The van der Waals surface area contributed by atoms with Crippen LogP contribution in [0.2, 0.25) is 0 Å². The highest BCUT2D eigenvalue weighted by molar-refractivity contribution is 5.73. The Kier molecular flexibility index (Phi) is 7.30. The largest absolute Gasteiger partial charge is 0.480 e. The maximum atomic E-state index is 11.2. The van der Waals surface area contributed by atoms with Gasteiger partial charge in [0.15, 0.2) is 0 Å². The zero-order valence-electron chi connectivity index (χ0n) is 11.1. The van der Waals surface area contributed by atoms with E-state index in [4.69, 9.17) is 20.3 Å². The molecule has 7 nitrogen and oxygen atoms in total. The fraction of sp³-hybridized carbons (Fsp3) is 0.818. The molecule has 0 fully saturated rings. The Morgan fingerprint density at radius 3 is 2.50 bits per heavy atom. The molecular formula is C11H22N2O5. The lowest BCUT2D eigenvalue weighted by molar-refractivity contribution is -0.140. The number of carbonyl (C=O) groups excluding carboxylic acids is 1. The average Bonchev–Trinajstić information content (AvgIpc) is 2.19. The summed E-state index contributed by atoms with van der Waals surface area (Å²) in [5, 5.41) is 11.0. The highest BCUT2D eigenvalue weighted by Crippen LogP contribution is 2.06. The molecular weight excluding hydrogens is 240 g/mol. The number of aliphatic carboxylic acids is 1. The summed E-state index contributed by atoms with van der Waals surface area (Å²) >= 11 is 0. The van der Waals surface area contributed by atoms with Gasteiger partial charge in [0.2, 0.25) is 0 Å². The molecule has 18 heavy (non-hydrogen) atoms. The molecule has 0 bridgehead atoms. The van der Waals surface area contributed by atoms with Gasteiger partial charge in [-0.15, -0.1) is 0 Å². The Labute approximate surface area is 107 Å². The molecule has 1 unspecified atom stereocenters. The number of carbonyl (C=O) groups is 2. The number of nitrogens with two attached hydrogens (primary N) is 1. The van der Waals surface area contributed by atoms with Crippen molar-refractivity contribution in [3.63, 3.8) is 0 Å². The summed E-state index contributed by atoms with van der Waals surface area (Å²) in [6, 6.07) is -1.01. The summed E-state index contributed by atoms with van der Waals surface area (Å²) in [6.45, 7) is 6.03. The van der Waals surface area contributed by atoms with Crippen molar-refractivity contribution in [2.24, 2.45) is 5.73 Å². The van der Waals surface area contributed by atoms with E-state index in [-0.39, 0.29) is 6.61 Å². The van der Waals surface area contributed by atoms with Crippen LogP contribution in [0.15, 0.2) is 0 Å². The molecule has 1 amide bonds. The van der Waals surface area contributed by atoms with Crippen LogP contribution in [0.3, 0.4) is 0 Å². The van der Waals surface area contributed by atoms with E-state index in [1.165, 1.54) is 0 Å². The van der Waals surface area contributed by atoms with Gasteiger partial charge in [0.25, 0.3) is 0 Å². The molecule has 0 heterocycles. The lowest BCUT2D eigenvalue weighted by atomic mass is 10.2. The van der Waals surface area contributed by atoms with Crippen LogP contribution in [0.4, 0.5) is 4.79 Å². The molecule has 106 valence electrons. The molecule has 0 aliphatic heterocycles. The molecule has 1 atom stereocenters. The molecule has 4 N–H and O–H groups in total. The minimum atomic E-state index is -1.10. The molecule has 0 rings (SSSR count). The van der Waals surface area contributed by atoms with Gasteiger partial charge in [0.05, 0.1) is 6.61 Å².